The van der Waals surface area contributed by atoms with Crippen molar-refractivity contribution in [2.24, 2.45) is 5.10 Å². The van der Waals surface area contributed by atoms with Gasteiger partial charge in [0.15, 0.2) is 0 Å². The summed E-state index contributed by atoms with van der Waals surface area (Å²) >= 11 is 0. The molecule has 0 unspecified atom stereocenters. The third-order valence-electron chi connectivity index (χ3n) is 2.67. The molecule has 1 aromatic heterocycles. The maximum Gasteiger partial charge on any atom is 0.272 e. The molecule has 0 bridgehead atoms. The predicted octanol–water partition coefficient (Wildman–Crippen LogP) is 2.52. The number of carbonyl (C=O) groups excluding carboxylic acids is 1. The van der Waals surface area contributed by atoms with E-state index in [0.717, 1.165) is 11.3 Å². The van der Waals surface area contributed by atoms with Gasteiger partial charge in [0.05, 0.1) is 12.7 Å². The van der Waals surface area contributed by atoms with Crippen LogP contribution in [0.3, 0.4) is 0 Å². The molecule has 2 rings (SSSR count). The van der Waals surface area contributed by atoms with Crippen LogP contribution in [0.25, 0.3) is 6.08 Å². The first kappa shape index (κ1) is 14.5. The second kappa shape index (κ2) is 7.59. The van der Waals surface area contributed by atoms with E-state index in [0.29, 0.717) is 5.56 Å². The second-order valence-corrected chi connectivity index (χ2v) is 4.06. The number of allylic oxidation sites excluding steroid dienone is 1. The number of ether oxygens (including phenoxy) is 1. The molecule has 0 fully saturated rings. The van der Waals surface area contributed by atoms with Gasteiger partial charge in [0.1, 0.15) is 5.75 Å². The van der Waals surface area contributed by atoms with E-state index in [1.54, 1.807) is 31.5 Å². The number of pyridine rings is 1. The van der Waals surface area contributed by atoms with Crippen molar-refractivity contribution < 1.29 is 9.53 Å². The van der Waals surface area contributed by atoms with Crippen molar-refractivity contribution >= 4 is 18.2 Å². The van der Waals surface area contributed by atoms with Crippen molar-refractivity contribution in [3.8, 4) is 5.75 Å². The minimum atomic E-state index is -0.301. The van der Waals surface area contributed by atoms with E-state index < -0.39 is 0 Å². The Morgan fingerprint density at radius 2 is 2.14 bits per heavy atom. The molecule has 0 radical (unpaired) electrons. The molecule has 0 spiro atoms. The molecule has 0 saturated carbocycles. The topological polar surface area (TPSA) is 63.6 Å². The van der Waals surface area contributed by atoms with Crippen LogP contribution in [-0.4, -0.2) is 24.2 Å². The van der Waals surface area contributed by atoms with Gasteiger partial charge in [-0.1, -0.05) is 18.2 Å². The molecule has 5 nitrogen and oxygen atoms in total. The van der Waals surface area contributed by atoms with E-state index >= 15 is 0 Å². The Labute approximate surface area is 123 Å². The van der Waals surface area contributed by atoms with Gasteiger partial charge in [-0.25, -0.2) is 5.43 Å². The fourth-order valence-corrected chi connectivity index (χ4v) is 1.65. The lowest BCUT2D eigenvalue weighted by Gasteiger charge is -2.02. The van der Waals surface area contributed by atoms with Gasteiger partial charge in [-0.15, -0.1) is 0 Å². The number of hydrazone groups is 1. The monoisotopic (exact) mass is 281 g/mol. The van der Waals surface area contributed by atoms with Crippen molar-refractivity contribution in [3.05, 3.63) is 66.0 Å². The average Bonchev–Trinajstić information content (AvgIpc) is 2.55. The molecule has 0 atom stereocenters. The third-order valence-corrected chi connectivity index (χ3v) is 2.67. The summed E-state index contributed by atoms with van der Waals surface area (Å²) in [6.07, 6.45) is 8.16. The first-order chi connectivity index (χ1) is 10.3. The Hall–Kier alpha value is -2.95. The van der Waals surface area contributed by atoms with Gasteiger partial charge in [0.2, 0.25) is 0 Å². The summed E-state index contributed by atoms with van der Waals surface area (Å²) in [7, 11) is 1.62. The summed E-state index contributed by atoms with van der Waals surface area (Å²) < 4.78 is 5.23. The van der Waals surface area contributed by atoms with Crippen molar-refractivity contribution in [1.82, 2.24) is 10.4 Å². The standard InChI is InChI=1S/C16H15N3O2/c1-21-15-9-3-2-6-13(15)7-5-11-18-19-16(20)14-8-4-10-17-12-14/h2-12H,1H3,(H,19,20)/b7-5-,18-11-. The predicted molar refractivity (Wildman–Crippen MR) is 82.2 cm³/mol. The van der Waals surface area contributed by atoms with Crippen molar-refractivity contribution in [3.63, 3.8) is 0 Å². The molecule has 0 aliphatic rings. The third kappa shape index (κ3) is 4.28. The highest BCUT2D eigenvalue weighted by atomic mass is 16.5. The molecule has 1 heterocycles. The maximum absolute atomic E-state index is 11.7. The lowest BCUT2D eigenvalue weighted by atomic mass is 10.2. The minimum absolute atomic E-state index is 0.301. The number of para-hydroxylation sites is 1. The molecule has 5 heteroatoms. The minimum Gasteiger partial charge on any atom is -0.496 e. The van der Waals surface area contributed by atoms with Crippen LogP contribution >= 0.6 is 0 Å². The zero-order valence-corrected chi connectivity index (χ0v) is 11.6. The molecule has 106 valence electrons. The van der Waals surface area contributed by atoms with E-state index in [2.05, 4.69) is 15.5 Å². The average molecular weight is 281 g/mol. The van der Waals surface area contributed by atoms with Crippen LogP contribution < -0.4 is 10.2 Å². The number of amides is 1. The molecular formula is C16H15N3O2. The van der Waals surface area contributed by atoms with Gasteiger partial charge in [-0.2, -0.15) is 5.10 Å². The van der Waals surface area contributed by atoms with Crippen LogP contribution in [0.5, 0.6) is 5.75 Å². The number of nitrogens with one attached hydrogen (secondary N) is 1. The number of rotatable bonds is 5. The summed E-state index contributed by atoms with van der Waals surface area (Å²) in [5, 5.41) is 3.84. The smallest absolute Gasteiger partial charge is 0.272 e. The normalized spacial score (nSPS) is 10.9. The summed E-state index contributed by atoms with van der Waals surface area (Å²) in [4.78, 5) is 15.5. The van der Waals surface area contributed by atoms with E-state index in [1.165, 1.54) is 12.4 Å². The number of aromatic nitrogens is 1. The van der Waals surface area contributed by atoms with Crippen molar-refractivity contribution in [1.29, 1.82) is 0 Å². The lowest BCUT2D eigenvalue weighted by Crippen LogP contribution is -2.17. The highest BCUT2D eigenvalue weighted by Crippen LogP contribution is 2.18. The number of carbonyl (C=O) groups is 1. The van der Waals surface area contributed by atoms with Crippen LogP contribution in [0.2, 0.25) is 0 Å². The molecule has 0 aliphatic heterocycles. The van der Waals surface area contributed by atoms with E-state index in [1.807, 2.05) is 30.3 Å². The summed E-state index contributed by atoms with van der Waals surface area (Å²) in [5.41, 5.74) is 3.82. The fourth-order valence-electron chi connectivity index (χ4n) is 1.65. The number of methoxy groups -OCH3 is 1. The number of benzene rings is 1. The molecule has 0 saturated heterocycles. The second-order valence-electron chi connectivity index (χ2n) is 4.06. The SMILES string of the molecule is COc1ccccc1/C=C\C=N/NC(=O)c1cccnc1. The van der Waals surface area contributed by atoms with E-state index in [9.17, 15) is 4.79 Å². The van der Waals surface area contributed by atoms with Gasteiger partial charge in [-0.05, 0) is 30.4 Å². The van der Waals surface area contributed by atoms with E-state index in [-0.39, 0.29) is 5.91 Å². The number of hydrogen-bond acceptors (Lipinski definition) is 4. The first-order valence-corrected chi connectivity index (χ1v) is 6.34. The first-order valence-electron chi connectivity index (χ1n) is 6.34. The van der Waals surface area contributed by atoms with Gasteiger partial charge in [-0.3, -0.25) is 9.78 Å². The molecule has 1 amide bonds. The van der Waals surface area contributed by atoms with Crippen molar-refractivity contribution in [2.45, 2.75) is 0 Å². The summed E-state index contributed by atoms with van der Waals surface area (Å²) in [6, 6.07) is 11.0. The zero-order chi connectivity index (χ0) is 14.9. The highest BCUT2D eigenvalue weighted by Gasteiger charge is 2.01. The molecule has 1 aromatic carbocycles. The van der Waals surface area contributed by atoms with Crippen LogP contribution in [-0.2, 0) is 0 Å². The Kier molecular flexibility index (Phi) is 5.23. The Bertz CT molecular complexity index is 652. The lowest BCUT2D eigenvalue weighted by molar-refractivity contribution is 0.0955. The van der Waals surface area contributed by atoms with Gasteiger partial charge in [0.25, 0.3) is 5.91 Å². The van der Waals surface area contributed by atoms with Gasteiger partial charge in [0, 0.05) is 24.2 Å². The van der Waals surface area contributed by atoms with Crippen LogP contribution in [0, 0.1) is 0 Å². The van der Waals surface area contributed by atoms with E-state index in [4.69, 9.17) is 4.74 Å². The molecule has 2 aromatic rings. The van der Waals surface area contributed by atoms with Crippen LogP contribution in [0.1, 0.15) is 15.9 Å². The molecular weight excluding hydrogens is 266 g/mol. The highest BCUT2D eigenvalue weighted by molar-refractivity contribution is 5.94. The number of hydrogen-bond donors (Lipinski definition) is 1. The Morgan fingerprint density at radius 1 is 1.29 bits per heavy atom. The molecule has 0 aliphatic carbocycles. The van der Waals surface area contributed by atoms with Crippen LogP contribution in [0.15, 0.2) is 60.0 Å². The quantitative estimate of drug-likeness (QED) is 0.676. The van der Waals surface area contributed by atoms with Gasteiger partial charge < -0.3 is 4.74 Å². The van der Waals surface area contributed by atoms with Gasteiger partial charge >= 0.3 is 0 Å². The Balaban J connectivity index is 1.91. The zero-order valence-electron chi connectivity index (χ0n) is 11.6. The molecule has 21 heavy (non-hydrogen) atoms. The fraction of sp³-hybridized carbons (Fsp3) is 0.0625. The maximum atomic E-state index is 11.7. The largest absolute Gasteiger partial charge is 0.496 e. The number of nitrogens with zero attached hydrogens (tertiary/aromatic N) is 2. The summed E-state index contributed by atoms with van der Waals surface area (Å²) in [5.74, 6) is 0.478. The van der Waals surface area contributed by atoms with Crippen molar-refractivity contribution in [2.75, 3.05) is 7.11 Å². The van der Waals surface area contributed by atoms with Crippen LogP contribution in [0.4, 0.5) is 0 Å². The Morgan fingerprint density at radius 3 is 2.90 bits per heavy atom. The molecule has 1 N–H and O–H groups in total. The summed E-state index contributed by atoms with van der Waals surface area (Å²) in [6.45, 7) is 0.